The van der Waals surface area contributed by atoms with E-state index >= 15 is 0 Å². The van der Waals surface area contributed by atoms with Crippen molar-refractivity contribution in [3.63, 3.8) is 0 Å². The molecular formula is C16H22N4O2. The molecule has 0 radical (unpaired) electrons. The number of aromatic carboxylic acids is 1. The van der Waals surface area contributed by atoms with Gasteiger partial charge in [-0.3, -0.25) is 5.10 Å². The third-order valence-corrected chi connectivity index (χ3v) is 3.77. The molecule has 2 rings (SSSR count). The number of nitrogens with one attached hydrogen (secondary N) is 2. The highest BCUT2D eigenvalue weighted by Crippen LogP contribution is 2.16. The molecule has 2 unspecified atom stereocenters. The van der Waals surface area contributed by atoms with E-state index in [0.29, 0.717) is 18.0 Å². The molecule has 22 heavy (non-hydrogen) atoms. The average molecular weight is 302 g/mol. The molecular weight excluding hydrogens is 280 g/mol. The summed E-state index contributed by atoms with van der Waals surface area (Å²) in [5.74, 6) is 1.05. The summed E-state index contributed by atoms with van der Waals surface area (Å²) in [5.41, 5.74) is 1.22. The van der Waals surface area contributed by atoms with Crippen molar-refractivity contribution in [2.24, 2.45) is 0 Å². The summed E-state index contributed by atoms with van der Waals surface area (Å²) in [6, 6.07) is 6.92. The van der Waals surface area contributed by atoms with Gasteiger partial charge in [0.05, 0.1) is 11.6 Å². The van der Waals surface area contributed by atoms with Crippen LogP contribution in [0.15, 0.2) is 24.3 Å². The van der Waals surface area contributed by atoms with Crippen LogP contribution in [0, 0.1) is 0 Å². The van der Waals surface area contributed by atoms with E-state index in [2.05, 4.69) is 34.3 Å². The second-order valence-corrected chi connectivity index (χ2v) is 5.50. The van der Waals surface area contributed by atoms with Crippen LogP contribution < -0.4 is 5.32 Å². The van der Waals surface area contributed by atoms with Crippen molar-refractivity contribution < 1.29 is 9.90 Å². The molecule has 0 saturated carbocycles. The minimum absolute atomic E-state index is 0.0128. The highest BCUT2D eigenvalue weighted by molar-refractivity contribution is 5.87. The molecule has 1 heterocycles. The number of H-pyrrole nitrogens is 1. The zero-order valence-electron chi connectivity index (χ0n) is 13.1. The van der Waals surface area contributed by atoms with Crippen molar-refractivity contribution in [3.8, 4) is 0 Å². The SMILES string of the molecule is CCC(C)c1n[nH]c(C(C)NCc2cccc(C(=O)O)c2)n1. The second-order valence-electron chi connectivity index (χ2n) is 5.50. The molecule has 0 amide bonds. The number of aromatic nitrogens is 3. The number of benzene rings is 1. The van der Waals surface area contributed by atoms with E-state index in [1.165, 1.54) is 0 Å². The van der Waals surface area contributed by atoms with Crippen LogP contribution in [0.5, 0.6) is 0 Å². The lowest BCUT2D eigenvalue weighted by Gasteiger charge is -2.11. The fourth-order valence-electron chi connectivity index (χ4n) is 2.07. The Balaban J connectivity index is 1.97. The van der Waals surface area contributed by atoms with Gasteiger partial charge in [0, 0.05) is 12.5 Å². The molecule has 6 nitrogen and oxygen atoms in total. The normalized spacial score (nSPS) is 13.8. The Kier molecular flexibility index (Phi) is 5.27. The Morgan fingerprint density at radius 3 is 2.86 bits per heavy atom. The van der Waals surface area contributed by atoms with Gasteiger partial charge < -0.3 is 10.4 Å². The Labute approximate surface area is 130 Å². The average Bonchev–Trinajstić information content (AvgIpc) is 3.02. The quantitative estimate of drug-likeness (QED) is 0.731. The maximum absolute atomic E-state index is 11.0. The van der Waals surface area contributed by atoms with E-state index in [0.717, 1.165) is 23.6 Å². The van der Waals surface area contributed by atoms with Gasteiger partial charge in [0.25, 0.3) is 0 Å². The number of carbonyl (C=O) groups is 1. The number of carboxylic acid groups (broad SMARTS) is 1. The first-order chi connectivity index (χ1) is 10.5. The van der Waals surface area contributed by atoms with Crippen molar-refractivity contribution in [2.45, 2.75) is 45.7 Å². The maximum atomic E-state index is 11.0. The molecule has 0 aliphatic heterocycles. The van der Waals surface area contributed by atoms with Gasteiger partial charge in [0.1, 0.15) is 5.82 Å². The predicted octanol–water partition coefficient (Wildman–Crippen LogP) is 2.87. The Bertz CT molecular complexity index is 639. The van der Waals surface area contributed by atoms with Crippen molar-refractivity contribution >= 4 is 5.97 Å². The van der Waals surface area contributed by atoms with Crippen molar-refractivity contribution in [1.29, 1.82) is 0 Å². The molecule has 6 heteroatoms. The molecule has 118 valence electrons. The molecule has 2 aromatic rings. The molecule has 0 saturated heterocycles. The van der Waals surface area contributed by atoms with Crippen LogP contribution in [0.4, 0.5) is 0 Å². The number of nitrogens with zero attached hydrogens (tertiary/aromatic N) is 2. The summed E-state index contributed by atoms with van der Waals surface area (Å²) >= 11 is 0. The number of hydrogen-bond donors (Lipinski definition) is 3. The van der Waals surface area contributed by atoms with Gasteiger partial charge in [-0.15, -0.1) is 0 Å². The van der Waals surface area contributed by atoms with E-state index in [1.54, 1.807) is 18.2 Å². The largest absolute Gasteiger partial charge is 0.478 e. The minimum Gasteiger partial charge on any atom is -0.478 e. The van der Waals surface area contributed by atoms with Crippen molar-refractivity contribution in [3.05, 3.63) is 47.0 Å². The van der Waals surface area contributed by atoms with E-state index < -0.39 is 5.97 Å². The molecule has 0 aliphatic rings. The van der Waals surface area contributed by atoms with Gasteiger partial charge in [0.2, 0.25) is 0 Å². The van der Waals surface area contributed by atoms with Crippen LogP contribution >= 0.6 is 0 Å². The van der Waals surface area contributed by atoms with Gasteiger partial charge in [-0.2, -0.15) is 5.10 Å². The smallest absolute Gasteiger partial charge is 0.335 e. The summed E-state index contributed by atoms with van der Waals surface area (Å²) in [5, 5.41) is 19.5. The lowest BCUT2D eigenvalue weighted by Crippen LogP contribution is -2.19. The molecule has 0 spiro atoms. The molecule has 0 fully saturated rings. The van der Waals surface area contributed by atoms with Gasteiger partial charge in [-0.1, -0.05) is 26.0 Å². The van der Waals surface area contributed by atoms with E-state index in [9.17, 15) is 4.79 Å². The van der Waals surface area contributed by atoms with E-state index in [-0.39, 0.29) is 6.04 Å². The van der Waals surface area contributed by atoms with Gasteiger partial charge in [-0.05, 0) is 31.0 Å². The molecule has 2 atom stereocenters. The van der Waals surface area contributed by atoms with Crippen LogP contribution in [-0.2, 0) is 6.54 Å². The van der Waals surface area contributed by atoms with Crippen LogP contribution in [0.2, 0.25) is 0 Å². The molecule has 0 bridgehead atoms. The van der Waals surface area contributed by atoms with Crippen LogP contribution in [0.1, 0.15) is 66.7 Å². The summed E-state index contributed by atoms with van der Waals surface area (Å²) in [6.07, 6.45) is 1.00. The third kappa shape index (κ3) is 3.92. The van der Waals surface area contributed by atoms with Crippen molar-refractivity contribution in [1.82, 2.24) is 20.5 Å². The maximum Gasteiger partial charge on any atom is 0.335 e. The highest BCUT2D eigenvalue weighted by Gasteiger charge is 2.14. The first kappa shape index (κ1) is 16.2. The Morgan fingerprint density at radius 1 is 1.41 bits per heavy atom. The number of hydrogen-bond acceptors (Lipinski definition) is 4. The fourth-order valence-corrected chi connectivity index (χ4v) is 2.07. The molecule has 3 N–H and O–H groups in total. The van der Waals surface area contributed by atoms with Gasteiger partial charge in [-0.25, -0.2) is 9.78 Å². The summed E-state index contributed by atoms with van der Waals surface area (Å²) in [6.45, 7) is 6.78. The second kappa shape index (κ2) is 7.17. The number of rotatable bonds is 7. The monoisotopic (exact) mass is 302 g/mol. The zero-order chi connectivity index (χ0) is 16.1. The van der Waals surface area contributed by atoms with Crippen LogP contribution in [-0.4, -0.2) is 26.3 Å². The first-order valence-electron chi connectivity index (χ1n) is 7.49. The predicted molar refractivity (Wildman–Crippen MR) is 83.7 cm³/mol. The highest BCUT2D eigenvalue weighted by atomic mass is 16.4. The molecule has 1 aromatic heterocycles. The van der Waals surface area contributed by atoms with Crippen LogP contribution in [0.3, 0.4) is 0 Å². The zero-order valence-corrected chi connectivity index (χ0v) is 13.1. The van der Waals surface area contributed by atoms with Gasteiger partial charge >= 0.3 is 5.97 Å². The Morgan fingerprint density at radius 2 is 2.18 bits per heavy atom. The van der Waals surface area contributed by atoms with Crippen molar-refractivity contribution in [2.75, 3.05) is 0 Å². The minimum atomic E-state index is -0.914. The number of carboxylic acids is 1. The fraction of sp³-hybridized carbons (Fsp3) is 0.438. The number of aromatic amines is 1. The molecule has 0 aliphatic carbocycles. The first-order valence-corrected chi connectivity index (χ1v) is 7.49. The summed E-state index contributed by atoms with van der Waals surface area (Å²) in [7, 11) is 0. The van der Waals surface area contributed by atoms with Crippen LogP contribution in [0.25, 0.3) is 0 Å². The third-order valence-electron chi connectivity index (χ3n) is 3.77. The summed E-state index contributed by atoms with van der Waals surface area (Å²) < 4.78 is 0. The van der Waals surface area contributed by atoms with E-state index in [4.69, 9.17) is 5.11 Å². The summed E-state index contributed by atoms with van der Waals surface area (Å²) in [4.78, 5) is 15.5. The van der Waals surface area contributed by atoms with E-state index in [1.807, 2.05) is 13.0 Å². The molecule has 1 aromatic carbocycles. The topological polar surface area (TPSA) is 90.9 Å². The Hall–Kier alpha value is -2.21. The standard InChI is InChI=1S/C16H22N4O2/c1-4-10(2)14-18-15(20-19-14)11(3)17-9-12-6-5-7-13(8-12)16(21)22/h5-8,10-11,17H,4,9H2,1-3H3,(H,21,22)(H,18,19,20). The lowest BCUT2D eigenvalue weighted by atomic mass is 10.1. The lowest BCUT2D eigenvalue weighted by molar-refractivity contribution is 0.0696. The van der Waals surface area contributed by atoms with Gasteiger partial charge in [0.15, 0.2) is 5.82 Å².